The summed E-state index contributed by atoms with van der Waals surface area (Å²) in [4.78, 5) is 10.4. The molecule has 25 heavy (non-hydrogen) atoms. The molecule has 2 amide bonds. The lowest BCUT2D eigenvalue weighted by molar-refractivity contribution is 0.253. The van der Waals surface area contributed by atoms with Crippen LogP contribution in [-0.2, 0) is 10.0 Å². The highest BCUT2D eigenvalue weighted by molar-refractivity contribution is 7.92. The molecule has 2 rings (SSSR count). The highest BCUT2D eigenvalue weighted by Gasteiger charge is 2.23. The van der Waals surface area contributed by atoms with E-state index >= 15 is 0 Å². The van der Waals surface area contributed by atoms with Gasteiger partial charge in [0.15, 0.2) is 4.90 Å². The van der Waals surface area contributed by atoms with Gasteiger partial charge in [0.1, 0.15) is 11.6 Å². The van der Waals surface area contributed by atoms with Crippen LogP contribution in [0.4, 0.5) is 25.0 Å². The highest BCUT2D eigenvalue weighted by atomic mass is 32.2. The first kappa shape index (κ1) is 18.4. The van der Waals surface area contributed by atoms with Crippen LogP contribution in [0, 0.1) is 11.6 Å². The Morgan fingerprint density at radius 3 is 2.16 bits per heavy atom. The van der Waals surface area contributed by atoms with E-state index in [9.17, 15) is 22.0 Å². The van der Waals surface area contributed by atoms with Crippen molar-refractivity contribution in [1.82, 2.24) is 5.32 Å². The van der Waals surface area contributed by atoms with Crippen LogP contribution in [0.15, 0.2) is 60.0 Å². The Morgan fingerprint density at radius 2 is 1.60 bits per heavy atom. The summed E-state index contributed by atoms with van der Waals surface area (Å²) in [6.07, 6.45) is 1.51. The molecule has 0 atom stereocenters. The molecule has 2 aromatic carbocycles. The van der Waals surface area contributed by atoms with Crippen molar-refractivity contribution in [2.75, 3.05) is 16.6 Å². The van der Waals surface area contributed by atoms with Crippen molar-refractivity contribution in [3.05, 3.63) is 66.8 Å². The molecular weight excluding hydrogens is 352 g/mol. The molecule has 0 aliphatic rings. The van der Waals surface area contributed by atoms with Crippen molar-refractivity contribution in [3.8, 4) is 0 Å². The lowest BCUT2D eigenvalue weighted by Crippen LogP contribution is -2.28. The van der Waals surface area contributed by atoms with Crippen molar-refractivity contribution in [1.29, 1.82) is 0 Å². The third-order valence-electron chi connectivity index (χ3n) is 2.99. The number of nitrogens with one attached hydrogen (secondary N) is 3. The summed E-state index contributed by atoms with van der Waals surface area (Å²) in [5.41, 5.74) is 0.487. The number of benzene rings is 2. The lowest BCUT2D eigenvalue weighted by atomic mass is 10.3. The molecule has 0 aromatic heterocycles. The van der Waals surface area contributed by atoms with E-state index in [0.29, 0.717) is 5.69 Å². The van der Waals surface area contributed by atoms with Gasteiger partial charge in [-0.15, -0.1) is 6.58 Å². The van der Waals surface area contributed by atoms with Gasteiger partial charge in [-0.3, -0.25) is 4.72 Å². The van der Waals surface area contributed by atoms with Crippen LogP contribution in [0.1, 0.15) is 0 Å². The van der Waals surface area contributed by atoms with E-state index in [0.717, 1.165) is 18.2 Å². The summed E-state index contributed by atoms with van der Waals surface area (Å²) in [5.74, 6) is -2.38. The smallest absolute Gasteiger partial charge is 0.319 e. The first-order chi connectivity index (χ1) is 11.8. The molecule has 2 aromatic rings. The van der Waals surface area contributed by atoms with Gasteiger partial charge in [0.2, 0.25) is 0 Å². The molecule has 0 fully saturated rings. The quantitative estimate of drug-likeness (QED) is 0.686. The van der Waals surface area contributed by atoms with Crippen LogP contribution < -0.4 is 15.4 Å². The number of carbonyl (C=O) groups excluding carboxylic acids is 1. The average Bonchev–Trinajstić information content (AvgIpc) is 2.54. The molecule has 0 bridgehead atoms. The standard InChI is InChI=1S/C16H15F2N3O3S/c1-2-10-19-16(22)20-11-6-8-12(9-7-11)21-25(23,24)15-13(17)4-3-5-14(15)18/h2-9,21H,1,10H2,(H2,19,20,22). The summed E-state index contributed by atoms with van der Waals surface area (Å²) < 4.78 is 53.6. The molecule has 9 heteroatoms. The highest BCUT2D eigenvalue weighted by Crippen LogP contribution is 2.22. The molecule has 0 spiro atoms. The fraction of sp³-hybridized carbons (Fsp3) is 0.0625. The van der Waals surface area contributed by atoms with Gasteiger partial charge in [-0.1, -0.05) is 12.1 Å². The predicted octanol–water partition coefficient (Wildman–Crippen LogP) is 3.07. The van der Waals surface area contributed by atoms with E-state index in [1.165, 1.54) is 30.3 Å². The van der Waals surface area contributed by atoms with Crippen molar-refractivity contribution >= 4 is 27.4 Å². The summed E-state index contributed by atoms with van der Waals surface area (Å²) in [5, 5.41) is 5.03. The van der Waals surface area contributed by atoms with Crippen LogP contribution in [-0.4, -0.2) is 21.0 Å². The fourth-order valence-corrected chi connectivity index (χ4v) is 3.11. The Morgan fingerprint density at radius 1 is 1.04 bits per heavy atom. The topological polar surface area (TPSA) is 87.3 Å². The number of hydrogen-bond donors (Lipinski definition) is 3. The molecular formula is C16H15F2N3O3S. The van der Waals surface area contributed by atoms with E-state index in [2.05, 4.69) is 21.9 Å². The monoisotopic (exact) mass is 367 g/mol. The lowest BCUT2D eigenvalue weighted by Gasteiger charge is -2.11. The maximum atomic E-state index is 13.6. The van der Waals surface area contributed by atoms with E-state index < -0.39 is 32.6 Å². The maximum Gasteiger partial charge on any atom is 0.319 e. The minimum atomic E-state index is -4.43. The van der Waals surface area contributed by atoms with Gasteiger partial charge in [0, 0.05) is 17.9 Å². The minimum absolute atomic E-state index is 0.0831. The summed E-state index contributed by atoms with van der Waals surface area (Å²) in [7, 11) is -4.43. The number of hydrogen-bond acceptors (Lipinski definition) is 3. The largest absolute Gasteiger partial charge is 0.334 e. The second kappa shape index (κ2) is 7.75. The zero-order valence-electron chi connectivity index (χ0n) is 12.9. The van der Waals surface area contributed by atoms with E-state index in [1.807, 2.05) is 0 Å². The first-order valence-electron chi connectivity index (χ1n) is 7.06. The number of urea groups is 1. The Hall–Kier alpha value is -2.94. The Bertz CT molecular complexity index is 864. The van der Waals surface area contributed by atoms with Gasteiger partial charge >= 0.3 is 6.03 Å². The molecule has 0 saturated carbocycles. The number of anilines is 2. The second-order valence-electron chi connectivity index (χ2n) is 4.86. The van der Waals surface area contributed by atoms with E-state index in [1.54, 1.807) is 0 Å². The predicted molar refractivity (Wildman–Crippen MR) is 90.8 cm³/mol. The summed E-state index contributed by atoms with van der Waals surface area (Å²) in [6.45, 7) is 3.75. The molecule has 0 unspecified atom stereocenters. The third kappa shape index (κ3) is 4.77. The molecule has 132 valence electrons. The van der Waals surface area contributed by atoms with Crippen molar-refractivity contribution in [3.63, 3.8) is 0 Å². The summed E-state index contributed by atoms with van der Waals surface area (Å²) >= 11 is 0. The summed E-state index contributed by atoms with van der Waals surface area (Å²) in [6, 6.07) is 7.88. The van der Waals surface area contributed by atoms with E-state index in [-0.39, 0.29) is 12.2 Å². The number of halogens is 2. The van der Waals surface area contributed by atoms with Crippen molar-refractivity contribution in [2.45, 2.75) is 4.90 Å². The fourth-order valence-electron chi connectivity index (χ4n) is 1.91. The van der Waals surface area contributed by atoms with Gasteiger partial charge in [0.25, 0.3) is 10.0 Å². The van der Waals surface area contributed by atoms with Crippen LogP contribution in [0.3, 0.4) is 0 Å². The molecule has 6 nitrogen and oxygen atoms in total. The van der Waals surface area contributed by atoms with Gasteiger partial charge in [-0.2, -0.15) is 0 Å². The van der Waals surface area contributed by atoms with Gasteiger partial charge in [-0.25, -0.2) is 22.0 Å². The minimum Gasteiger partial charge on any atom is -0.334 e. The molecule has 0 saturated heterocycles. The number of amides is 2. The van der Waals surface area contributed by atoms with Gasteiger partial charge < -0.3 is 10.6 Å². The maximum absolute atomic E-state index is 13.6. The molecule has 0 radical (unpaired) electrons. The normalized spacial score (nSPS) is 10.8. The SMILES string of the molecule is C=CCNC(=O)Nc1ccc(NS(=O)(=O)c2c(F)cccc2F)cc1. The molecule has 0 heterocycles. The van der Waals surface area contributed by atoms with Crippen molar-refractivity contribution < 1.29 is 22.0 Å². The van der Waals surface area contributed by atoms with Crippen molar-refractivity contribution in [2.24, 2.45) is 0 Å². The van der Waals surface area contributed by atoms with Crippen LogP contribution in [0.2, 0.25) is 0 Å². The molecule has 0 aliphatic carbocycles. The number of carbonyl (C=O) groups is 1. The van der Waals surface area contributed by atoms with Crippen LogP contribution in [0.5, 0.6) is 0 Å². The van der Waals surface area contributed by atoms with Gasteiger partial charge in [0.05, 0.1) is 0 Å². The Balaban J connectivity index is 2.13. The zero-order valence-corrected chi connectivity index (χ0v) is 13.7. The van der Waals surface area contributed by atoms with E-state index in [4.69, 9.17) is 0 Å². The second-order valence-corrected chi connectivity index (χ2v) is 6.48. The third-order valence-corrected chi connectivity index (χ3v) is 4.42. The Labute approximate surface area is 143 Å². The van der Waals surface area contributed by atoms with Crippen LogP contribution in [0.25, 0.3) is 0 Å². The first-order valence-corrected chi connectivity index (χ1v) is 8.54. The molecule has 3 N–H and O–H groups in total. The average molecular weight is 367 g/mol. The van der Waals surface area contributed by atoms with Gasteiger partial charge in [-0.05, 0) is 36.4 Å². The molecule has 0 aliphatic heterocycles. The zero-order chi connectivity index (χ0) is 18.4. The number of sulfonamides is 1. The Kier molecular flexibility index (Phi) is 5.71. The van der Waals surface area contributed by atoms with Crippen LogP contribution >= 0.6 is 0 Å². The number of rotatable bonds is 6.